The van der Waals surface area contributed by atoms with Gasteiger partial charge in [0.15, 0.2) is 30.5 Å². The zero-order chi connectivity index (χ0) is 25.0. The lowest BCUT2D eigenvalue weighted by Gasteiger charge is -2.37. The lowest BCUT2D eigenvalue weighted by atomic mass is 9.98. The summed E-state index contributed by atoms with van der Waals surface area (Å²) in [7, 11) is 0. The molecule has 32 heavy (non-hydrogen) atoms. The van der Waals surface area contributed by atoms with Gasteiger partial charge in [-0.15, -0.1) is 11.6 Å². The topological polar surface area (TPSA) is 158 Å². The maximum atomic E-state index is 11.8. The quantitative estimate of drug-likeness (QED) is 0.215. The van der Waals surface area contributed by atoms with Crippen molar-refractivity contribution in [3.8, 4) is 0 Å². The minimum atomic E-state index is -1.68. The molecule has 0 aromatic heterocycles. The Bertz CT molecular complexity index is 706. The van der Waals surface area contributed by atoms with Gasteiger partial charge >= 0.3 is 35.8 Å². The van der Waals surface area contributed by atoms with E-state index in [1.807, 2.05) is 0 Å². The van der Waals surface area contributed by atoms with E-state index in [4.69, 9.17) is 40.0 Å². The largest absolute Gasteiger partial charge is 0.462 e. The van der Waals surface area contributed by atoms with Crippen molar-refractivity contribution >= 4 is 47.4 Å². The second kappa shape index (κ2) is 14.2. The molecule has 0 aliphatic heterocycles. The third-order valence-corrected chi connectivity index (χ3v) is 3.83. The van der Waals surface area contributed by atoms with Gasteiger partial charge in [-0.1, -0.05) is 0 Å². The number of halogens is 1. The van der Waals surface area contributed by atoms with Gasteiger partial charge < -0.3 is 28.4 Å². The molecule has 0 aliphatic rings. The van der Waals surface area contributed by atoms with Crippen LogP contribution in [0.5, 0.6) is 0 Å². The van der Waals surface area contributed by atoms with Crippen molar-refractivity contribution in [1.82, 2.24) is 0 Å². The van der Waals surface area contributed by atoms with Crippen LogP contribution in [0.4, 0.5) is 0 Å². The van der Waals surface area contributed by atoms with Gasteiger partial charge in [0.1, 0.15) is 6.61 Å². The molecular weight excluding hydrogens is 456 g/mol. The first-order valence-electron chi connectivity index (χ1n) is 9.33. The molecule has 13 heteroatoms. The number of ether oxygens (including phenoxy) is 6. The monoisotopic (exact) mass is 482 g/mol. The summed E-state index contributed by atoms with van der Waals surface area (Å²) in [6, 6.07) is 0. The molecule has 0 N–H and O–H groups in total. The van der Waals surface area contributed by atoms with Crippen molar-refractivity contribution in [3.63, 3.8) is 0 Å². The molecule has 0 aliphatic carbocycles. The minimum Gasteiger partial charge on any atom is -0.462 e. The standard InChI is InChI=1S/C19H27ClO12/c1-9(21)27-8-16(29-11(3)23)18(31-13(5)25)19(32-14(6)26)17(30-12(4)24)15(7-20)28-10(2)22/h15-19H,7-8H2,1-6H3/t15-,16+,17-,18-,19-/m0/s1. The van der Waals surface area contributed by atoms with E-state index in [2.05, 4.69) is 0 Å². The summed E-state index contributed by atoms with van der Waals surface area (Å²) < 4.78 is 30.7. The van der Waals surface area contributed by atoms with Crippen molar-refractivity contribution in [2.24, 2.45) is 0 Å². The van der Waals surface area contributed by atoms with Crippen LogP contribution in [-0.4, -0.2) is 78.8 Å². The van der Waals surface area contributed by atoms with Crippen LogP contribution in [0, 0.1) is 0 Å². The molecule has 0 fully saturated rings. The van der Waals surface area contributed by atoms with Gasteiger partial charge in [-0.3, -0.25) is 28.8 Å². The molecular formula is C19H27ClO12. The Morgan fingerprint density at radius 3 is 1.22 bits per heavy atom. The van der Waals surface area contributed by atoms with Crippen LogP contribution >= 0.6 is 11.6 Å². The first-order valence-corrected chi connectivity index (χ1v) is 9.87. The number of hydrogen-bond acceptors (Lipinski definition) is 12. The minimum absolute atomic E-state index is 0.412. The molecule has 0 saturated carbocycles. The number of esters is 6. The second-order valence-corrected chi connectivity index (χ2v) is 6.78. The van der Waals surface area contributed by atoms with E-state index in [0.717, 1.165) is 41.5 Å². The summed E-state index contributed by atoms with van der Waals surface area (Å²) in [5, 5.41) is 0. The van der Waals surface area contributed by atoms with E-state index in [1.54, 1.807) is 0 Å². The predicted molar refractivity (Wildman–Crippen MR) is 105 cm³/mol. The summed E-state index contributed by atoms with van der Waals surface area (Å²) in [4.78, 5) is 69.8. The fourth-order valence-corrected chi connectivity index (χ4v) is 2.85. The normalized spacial score (nSPS) is 15.1. The highest BCUT2D eigenvalue weighted by molar-refractivity contribution is 6.18. The molecule has 182 valence electrons. The average molecular weight is 483 g/mol. The predicted octanol–water partition coefficient (Wildman–Crippen LogP) is 0.447. The third-order valence-electron chi connectivity index (χ3n) is 3.52. The van der Waals surface area contributed by atoms with Gasteiger partial charge in [-0.05, 0) is 0 Å². The van der Waals surface area contributed by atoms with Gasteiger partial charge in [0, 0.05) is 41.5 Å². The Morgan fingerprint density at radius 2 is 0.875 bits per heavy atom. The van der Waals surface area contributed by atoms with E-state index in [9.17, 15) is 28.8 Å². The average Bonchev–Trinajstić information content (AvgIpc) is 2.63. The van der Waals surface area contributed by atoms with Crippen molar-refractivity contribution < 1.29 is 57.2 Å². The van der Waals surface area contributed by atoms with Crippen molar-refractivity contribution in [2.75, 3.05) is 12.5 Å². The summed E-state index contributed by atoms with van der Waals surface area (Å²) in [6.07, 6.45) is -7.76. The highest BCUT2D eigenvalue weighted by atomic mass is 35.5. The fraction of sp³-hybridized carbons (Fsp3) is 0.684. The van der Waals surface area contributed by atoms with E-state index < -0.39 is 78.8 Å². The van der Waals surface area contributed by atoms with E-state index in [-0.39, 0.29) is 0 Å². The van der Waals surface area contributed by atoms with E-state index in [0.29, 0.717) is 0 Å². The van der Waals surface area contributed by atoms with Crippen molar-refractivity contribution in [1.29, 1.82) is 0 Å². The Kier molecular flexibility index (Phi) is 12.9. The number of carbonyl (C=O) groups excluding carboxylic acids is 6. The van der Waals surface area contributed by atoms with Gasteiger partial charge in [0.2, 0.25) is 0 Å². The van der Waals surface area contributed by atoms with Crippen molar-refractivity contribution in [3.05, 3.63) is 0 Å². The molecule has 0 saturated heterocycles. The van der Waals surface area contributed by atoms with Crippen LogP contribution in [-0.2, 0) is 57.2 Å². The molecule has 0 aromatic carbocycles. The number of rotatable bonds is 12. The van der Waals surface area contributed by atoms with Gasteiger partial charge in [-0.2, -0.15) is 0 Å². The second-order valence-electron chi connectivity index (χ2n) is 6.47. The fourth-order valence-electron chi connectivity index (χ4n) is 2.61. The molecule has 0 amide bonds. The lowest BCUT2D eigenvalue weighted by molar-refractivity contribution is -0.212. The maximum absolute atomic E-state index is 11.8. The molecule has 0 radical (unpaired) electrons. The number of alkyl halides is 1. The van der Waals surface area contributed by atoms with Gasteiger partial charge in [0.25, 0.3) is 0 Å². The molecule has 5 atom stereocenters. The first kappa shape index (κ1) is 29.1. The highest BCUT2D eigenvalue weighted by Crippen LogP contribution is 2.24. The van der Waals surface area contributed by atoms with Crippen LogP contribution in [0.15, 0.2) is 0 Å². The van der Waals surface area contributed by atoms with Crippen molar-refractivity contribution in [2.45, 2.75) is 72.1 Å². The zero-order valence-corrected chi connectivity index (χ0v) is 19.3. The molecule has 0 heterocycles. The SMILES string of the molecule is CC(=O)OC[C@@H](OC(C)=O)[C@H](OC(C)=O)[C@@H](OC(C)=O)[C@@H](OC(C)=O)[C@H](CCl)OC(C)=O. The molecule has 0 aromatic rings. The van der Waals surface area contributed by atoms with E-state index in [1.165, 1.54) is 0 Å². The van der Waals surface area contributed by atoms with Crippen LogP contribution in [0.2, 0.25) is 0 Å². The lowest BCUT2D eigenvalue weighted by Crippen LogP contribution is -2.57. The molecule has 0 rings (SSSR count). The smallest absolute Gasteiger partial charge is 0.303 e. The Morgan fingerprint density at radius 1 is 0.531 bits per heavy atom. The molecule has 0 unspecified atom stereocenters. The van der Waals surface area contributed by atoms with E-state index >= 15 is 0 Å². The molecule has 12 nitrogen and oxygen atoms in total. The highest BCUT2D eigenvalue weighted by Gasteiger charge is 2.47. The Labute approximate surface area is 189 Å². The Balaban J connectivity index is 6.54. The number of carbonyl (C=O) groups is 6. The van der Waals surface area contributed by atoms with Gasteiger partial charge in [0.05, 0.1) is 5.88 Å². The summed E-state index contributed by atoms with van der Waals surface area (Å²) >= 11 is 5.88. The zero-order valence-electron chi connectivity index (χ0n) is 18.6. The molecule has 0 bridgehead atoms. The summed E-state index contributed by atoms with van der Waals surface area (Å²) in [6.45, 7) is 5.64. The van der Waals surface area contributed by atoms with Crippen LogP contribution < -0.4 is 0 Å². The Hall–Kier alpha value is -2.89. The summed E-state index contributed by atoms with van der Waals surface area (Å²) in [5.41, 5.74) is 0. The van der Waals surface area contributed by atoms with Crippen LogP contribution in [0.1, 0.15) is 41.5 Å². The third kappa shape index (κ3) is 11.5. The molecule has 0 spiro atoms. The summed E-state index contributed by atoms with van der Waals surface area (Å²) in [5.74, 6) is -5.49. The van der Waals surface area contributed by atoms with Gasteiger partial charge in [-0.25, -0.2) is 0 Å². The maximum Gasteiger partial charge on any atom is 0.303 e. The number of hydrogen-bond donors (Lipinski definition) is 0. The van der Waals surface area contributed by atoms with Crippen LogP contribution in [0.25, 0.3) is 0 Å². The first-order chi connectivity index (χ1) is 14.8. The van der Waals surface area contributed by atoms with Crippen LogP contribution in [0.3, 0.4) is 0 Å².